The van der Waals surface area contributed by atoms with Gasteiger partial charge in [0.05, 0.1) is 11.7 Å². The molecule has 3 rings (SSSR count). The van der Waals surface area contributed by atoms with Gasteiger partial charge in [0.2, 0.25) is 0 Å². The molecule has 0 aliphatic heterocycles. The molecule has 0 bridgehead atoms. The van der Waals surface area contributed by atoms with Gasteiger partial charge in [-0.15, -0.1) is 0 Å². The van der Waals surface area contributed by atoms with Crippen molar-refractivity contribution in [1.82, 2.24) is 0 Å². The molecule has 2 aromatic carbocycles. The van der Waals surface area contributed by atoms with E-state index in [1.54, 1.807) is 0 Å². The summed E-state index contributed by atoms with van der Waals surface area (Å²) < 4.78 is 5.76. The van der Waals surface area contributed by atoms with Crippen LogP contribution in [0.25, 0.3) is 0 Å². The SMILES string of the molecule is CC(C)Oc1ccccc1C(=O)C1CC1c1ccccc1. The van der Waals surface area contributed by atoms with Gasteiger partial charge in [-0.05, 0) is 43.9 Å². The van der Waals surface area contributed by atoms with Gasteiger partial charge in [-0.1, -0.05) is 42.5 Å². The van der Waals surface area contributed by atoms with Crippen LogP contribution in [0.4, 0.5) is 0 Å². The Labute approximate surface area is 125 Å². The van der Waals surface area contributed by atoms with Crippen LogP contribution in [0.2, 0.25) is 0 Å². The summed E-state index contributed by atoms with van der Waals surface area (Å²) in [6, 6.07) is 17.9. The van der Waals surface area contributed by atoms with E-state index < -0.39 is 0 Å². The largest absolute Gasteiger partial charge is 0.490 e. The zero-order valence-electron chi connectivity index (χ0n) is 12.5. The van der Waals surface area contributed by atoms with Crippen molar-refractivity contribution in [3.05, 3.63) is 65.7 Å². The van der Waals surface area contributed by atoms with E-state index in [2.05, 4.69) is 12.1 Å². The molecule has 1 aliphatic carbocycles. The Kier molecular flexibility index (Phi) is 3.78. The van der Waals surface area contributed by atoms with Crippen LogP contribution < -0.4 is 4.74 Å². The van der Waals surface area contributed by atoms with Gasteiger partial charge in [0.25, 0.3) is 0 Å². The standard InChI is InChI=1S/C19H20O2/c1-13(2)21-18-11-7-6-10-15(18)19(20)17-12-16(17)14-8-4-3-5-9-14/h3-11,13,16-17H,12H2,1-2H3. The number of ketones is 1. The number of benzene rings is 2. The fraction of sp³-hybridized carbons (Fsp3) is 0.316. The number of carbonyl (C=O) groups is 1. The number of hydrogen-bond acceptors (Lipinski definition) is 2. The van der Waals surface area contributed by atoms with Crippen molar-refractivity contribution in [1.29, 1.82) is 0 Å². The maximum atomic E-state index is 12.7. The lowest BCUT2D eigenvalue weighted by atomic mass is 10.0. The second-order valence-electron chi connectivity index (χ2n) is 5.89. The van der Waals surface area contributed by atoms with Gasteiger partial charge in [-0.25, -0.2) is 0 Å². The smallest absolute Gasteiger partial charge is 0.170 e. The van der Waals surface area contributed by atoms with Gasteiger partial charge >= 0.3 is 0 Å². The van der Waals surface area contributed by atoms with Crippen LogP contribution in [0.1, 0.15) is 42.1 Å². The first-order chi connectivity index (χ1) is 10.2. The first-order valence-electron chi connectivity index (χ1n) is 7.51. The van der Waals surface area contributed by atoms with Gasteiger partial charge < -0.3 is 4.74 Å². The quantitative estimate of drug-likeness (QED) is 0.756. The molecule has 108 valence electrons. The van der Waals surface area contributed by atoms with E-state index in [9.17, 15) is 4.79 Å². The molecular weight excluding hydrogens is 260 g/mol. The Bertz CT molecular complexity index is 631. The van der Waals surface area contributed by atoms with Crippen molar-refractivity contribution < 1.29 is 9.53 Å². The molecule has 2 nitrogen and oxygen atoms in total. The fourth-order valence-electron chi connectivity index (χ4n) is 2.78. The van der Waals surface area contributed by atoms with Gasteiger partial charge in [0.1, 0.15) is 5.75 Å². The normalized spacial score (nSPS) is 20.3. The average Bonchev–Trinajstić information content (AvgIpc) is 3.28. The molecule has 0 amide bonds. The highest BCUT2D eigenvalue weighted by atomic mass is 16.5. The Hall–Kier alpha value is -2.09. The maximum absolute atomic E-state index is 12.7. The number of Topliss-reactive ketones (excluding diaryl/α,β-unsaturated/α-hetero) is 1. The third-order valence-electron chi connectivity index (χ3n) is 3.87. The van der Waals surface area contributed by atoms with E-state index >= 15 is 0 Å². The highest BCUT2D eigenvalue weighted by molar-refractivity contribution is 6.02. The lowest BCUT2D eigenvalue weighted by Crippen LogP contribution is -2.11. The summed E-state index contributed by atoms with van der Waals surface area (Å²) in [4.78, 5) is 12.7. The van der Waals surface area contributed by atoms with E-state index in [4.69, 9.17) is 4.74 Å². The van der Waals surface area contributed by atoms with Crippen molar-refractivity contribution in [2.24, 2.45) is 5.92 Å². The van der Waals surface area contributed by atoms with Crippen molar-refractivity contribution >= 4 is 5.78 Å². The Morgan fingerprint density at radius 1 is 1.05 bits per heavy atom. The number of para-hydroxylation sites is 1. The molecule has 2 aromatic rings. The first kappa shape index (κ1) is 13.9. The molecular formula is C19H20O2. The van der Waals surface area contributed by atoms with Crippen LogP contribution in [0, 0.1) is 5.92 Å². The highest BCUT2D eigenvalue weighted by Crippen LogP contribution is 2.49. The molecule has 0 heterocycles. The Morgan fingerprint density at radius 2 is 1.71 bits per heavy atom. The zero-order valence-corrected chi connectivity index (χ0v) is 12.5. The van der Waals surface area contributed by atoms with Crippen LogP contribution in [-0.2, 0) is 0 Å². The molecule has 1 aliphatic rings. The van der Waals surface area contributed by atoms with E-state index in [0.717, 1.165) is 12.0 Å². The number of hydrogen-bond donors (Lipinski definition) is 0. The van der Waals surface area contributed by atoms with E-state index in [-0.39, 0.29) is 17.8 Å². The van der Waals surface area contributed by atoms with Crippen molar-refractivity contribution in [2.75, 3.05) is 0 Å². The molecule has 0 aromatic heterocycles. The van der Waals surface area contributed by atoms with Crippen molar-refractivity contribution in [3.8, 4) is 5.75 Å². The minimum atomic E-state index is 0.0723. The van der Waals surface area contributed by atoms with Crippen LogP contribution in [-0.4, -0.2) is 11.9 Å². The summed E-state index contributed by atoms with van der Waals surface area (Å²) in [5, 5.41) is 0. The van der Waals surface area contributed by atoms with Gasteiger partial charge in [-0.3, -0.25) is 4.79 Å². The summed E-state index contributed by atoms with van der Waals surface area (Å²) in [6.07, 6.45) is 1.02. The molecule has 0 spiro atoms. The third-order valence-corrected chi connectivity index (χ3v) is 3.87. The van der Waals surface area contributed by atoms with E-state index in [1.165, 1.54) is 5.56 Å². The van der Waals surface area contributed by atoms with E-state index in [1.807, 2.05) is 56.3 Å². The van der Waals surface area contributed by atoms with E-state index in [0.29, 0.717) is 11.7 Å². The lowest BCUT2D eigenvalue weighted by molar-refractivity contribution is 0.0959. The molecule has 2 unspecified atom stereocenters. The molecule has 1 fully saturated rings. The van der Waals surface area contributed by atoms with Crippen molar-refractivity contribution in [2.45, 2.75) is 32.3 Å². The Balaban J connectivity index is 1.78. The number of rotatable bonds is 5. The monoisotopic (exact) mass is 280 g/mol. The Morgan fingerprint density at radius 3 is 2.43 bits per heavy atom. The number of carbonyl (C=O) groups excluding carboxylic acids is 1. The summed E-state index contributed by atoms with van der Waals surface area (Å²) in [7, 11) is 0. The summed E-state index contributed by atoms with van der Waals surface area (Å²) in [6.45, 7) is 3.95. The van der Waals surface area contributed by atoms with Crippen LogP contribution >= 0.6 is 0 Å². The third kappa shape index (κ3) is 2.99. The lowest BCUT2D eigenvalue weighted by Gasteiger charge is -2.13. The minimum absolute atomic E-state index is 0.0723. The van der Waals surface area contributed by atoms with Crippen LogP contribution in [0.3, 0.4) is 0 Å². The number of ether oxygens (including phenoxy) is 1. The van der Waals surface area contributed by atoms with Gasteiger partial charge in [0.15, 0.2) is 5.78 Å². The maximum Gasteiger partial charge on any atom is 0.170 e. The van der Waals surface area contributed by atoms with Crippen LogP contribution in [0.5, 0.6) is 5.75 Å². The van der Waals surface area contributed by atoms with Gasteiger partial charge in [0, 0.05) is 5.92 Å². The predicted molar refractivity (Wildman–Crippen MR) is 83.8 cm³/mol. The first-order valence-corrected chi connectivity index (χ1v) is 7.51. The molecule has 2 atom stereocenters. The fourth-order valence-corrected chi connectivity index (χ4v) is 2.78. The predicted octanol–water partition coefficient (Wildman–Crippen LogP) is 4.46. The van der Waals surface area contributed by atoms with Crippen LogP contribution in [0.15, 0.2) is 54.6 Å². The zero-order chi connectivity index (χ0) is 14.8. The molecule has 0 saturated heterocycles. The van der Waals surface area contributed by atoms with Crippen molar-refractivity contribution in [3.63, 3.8) is 0 Å². The minimum Gasteiger partial charge on any atom is -0.490 e. The molecule has 0 N–H and O–H groups in total. The molecule has 0 radical (unpaired) electrons. The highest BCUT2D eigenvalue weighted by Gasteiger charge is 2.44. The topological polar surface area (TPSA) is 26.3 Å². The summed E-state index contributed by atoms with van der Waals surface area (Å²) >= 11 is 0. The molecule has 1 saturated carbocycles. The second-order valence-corrected chi connectivity index (χ2v) is 5.89. The average molecular weight is 280 g/mol. The molecule has 21 heavy (non-hydrogen) atoms. The summed E-state index contributed by atoms with van der Waals surface area (Å²) in [5.74, 6) is 1.38. The molecule has 2 heteroatoms. The van der Waals surface area contributed by atoms with Gasteiger partial charge in [-0.2, -0.15) is 0 Å². The summed E-state index contributed by atoms with van der Waals surface area (Å²) in [5.41, 5.74) is 1.98. The second kappa shape index (κ2) is 5.72.